The Balaban J connectivity index is 2.13. The fourth-order valence-corrected chi connectivity index (χ4v) is 1.15. The van der Waals surface area contributed by atoms with Crippen LogP contribution in [0.15, 0.2) is 0 Å². The predicted octanol–water partition coefficient (Wildman–Crippen LogP) is 0.464. The second-order valence-electron chi connectivity index (χ2n) is 2.46. The summed E-state index contributed by atoms with van der Waals surface area (Å²) in [6.45, 7) is 2.00. The van der Waals surface area contributed by atoms with Crippen molar-refractivity contribution in [3.05, 3.63) is 0 Å². The van der Waals surface area contributed by atoms with Crippen LogP contribution in [0.2, 0.25) is 6.32 Å². The molecule has 1 saturated heterocycles. The van der Waals surface area contributed by atoms with Gasteiger partial charge in [0.15, 0.2) is 0 Å². The van der Waals surface area contributed by atoms with Gasteiger partial charge in [0, 0.05) is 13.2 Å². The Bertz CT molecular complexity index is 59.5. The van der Waals surface area contributed by atoms with E-state index in [1.807, 2.05) is 0 Å². The molecule has 0 aromatic carbocycles. The van der Waals surface area contributed by atoms with Crippen LogP contribution in [0.25, 0.3) is 0 Å². The summed E-state index contributed by atoms with van der Waals surface area (Å²) in [6, 6.07) is 0. The summed E-state index contributed by atoms with van der Waals surface area (Å²) >= 11 is 0. The zero-order valence-electron chi connectivity index (χ0n) is 5.52. The molecule has 0 spiro atoms. The monoisotopic (exact) mass is 112 g/mol. The molecule has 46 valence electrons. The van der Waals surface area contributed by atoms with Gasteiger partial charge in [-0.05, 0) is 18.8 Å². The highest BCUT2D eigenvalue weighted by molar-refractivity contribution is 6.08. The van der Waals surface area contributed by atoms with Gasteiger partial charge in [0.1, 0.15) is 7.85 Å². The lowest BCUT2D eigenvalue weighted by atomic mass is 9.86. The second kappa shape index (κ2) is 3.13. The van der Waals surface area contributed by atoms with Crippen molar-refractivity contribution in [1.29, 1.82) is 0 Å². The molecule has 0 atom stereocenters. The lowest BCUT2D eigenvalue weighted by molar-refractivity contribution is 0.0717. The topological polar surface area (TPSA) is 9.23 Å². The van der Waals surface area contributed by atoms with Gasteiger partial charge in [-0.25, -0.2) is 0 Å². The van der Waals surface area contributed by atoms with Crippen molar-refractivity contribution in [2.24, 2.45) is 5.92 Å². The lowest BCUT2D eigenvalue weighted by Gasteiger charge is -2.19. The molecule has 0 bridgehead atoms. The zero-order chi connectivity index (χ0) is 5.82. The van der Waals surface area contributed by atoms with Crippen LogP contribution in [0, 0.1) is 5.92 Å². The molecule has 1 fully saturated rings. The molecular formula is C6H13BO. The first-order valence-electron chi connectivity index (χ1n) is 3.51. The first-order chi connectivity index (χ1) is 3.93. The van der Waals surface area contributed by atoms with E-state index in [0.717, 1.165) is 19.1 Å². The third kappa shape index (κ3) is 1.51. The number of hydrogen-bond acceptors (Lipinski definition) is 1. The van der Waals surface area contributed by atoms with E-state index in [0.29, 0.717) is 0 Å². The maximum atomic E-state index is 5.20. The quantitative estimate of drug-likeness (QED) is 0.448. The summed E-state index contributed by atoms with van der Waals surface area (Å²) < 4.78 is 5.20. The Kier molecular flexibility index (Phi) is 2.41. The molecule has 1 aliphatic heterocycles. The standard InChI is InChI=1S/C6H13BO/c7-5-6-1-3-8-4-2-6/h6H,1-5,7H2. The lowest BCUT2D eigenvalue weighted by Crippen LogP contribution is -2.14. The highest BCUT2D eigenvalue weighted by Crippen LogP contribution is 2.16. The molecule has 0 unspecified atom stereocenters. The fourth-order valence-electron chi connectivity index (χ4n) is 1.15. The largest absolute Gasteiger partial charge is 0.381 e. The fraction of sp³-hybridized carbons (Fsp3) is 1.00. The molecule has 0 aromatic rings. The molecule has 0 saturated carbocycles. The predicted molar refractivity (Wildman–Crippen MR) is 36.9 cm³/mol. The van der Waals surface area contributed by atoms with Gasteiger partial charge in [-0.3, -0.25) is 0 Å². The van der Waals surface area contributed by atoms with Crippen LogP contribution < -0.4 is 0 Å². The Labute approximate surface area is 51.8 Å². The smallest absolute Gasteiger partial charge is 0.101 e. The zero-order valence-corrected chi connectivity index (χ0v) is 5.52. The minimum atomic E-state index is 0.962. The molecule has 0 amide bonds. The second-order valence-corrected chi connectivity index (χ2v) is 2.46. The van der Waals surface area contributed by atoms with Gasteiger partial charge in [0.25, 0.3) is 0 Å². The van der Waals surface area contributed by atoms with Gasteiger partial charge in [-0.2, -0.15) is 0 Å². The molecule has 1 aliphatic rings. The van der Waals surface area contributed by atoms with Crippen LogP contribution in [-0.2, 0) is 4.74 Å². The van der Waals surface area contributed by atoms with Crippen molar-refractivity contribution in [2.75, 3.05) is 13.2 Å². The third-order valence-corrected chi connectivity index (χ3v) is 1.92. The SMILES string of the molecule is BCC1CCOCC1. The molecule has 1 rings (SSSR count). The van der Waals surface area contributed by atoms with Gasteiger partial charge in [0.2, 0.25) is 0 Å². The first kappa shape index (κ1) is 6.15. The van der Waals surface area contributed by atoms with Crippen LogP contribution in [-0.4, -0.2) is 21.1 Å². The average molecular weight is 112 g/mol. The van der Waals surface area contributed by atoms with E-state index in [9.17, 15) is 0 Å². The number of ether oxygens (including phenoxy) is 1. The summed E-state index contributed by atoms with van der Waals surface area (Å²) in [5.41, 5.74) is 0. The Morgan fingerprint density at radius 3 is 2.38 bits per heavy atom. The highest BCUT2D eigenvalue weighted by Gasteiger charge is 2.09. The Morgan fingerprint density at radius 2 is 2.00 bits per heavy atom. The van der Waals surface area contributed by atoms with Gasteiger partial charge < -0.3 is 4.74 Å². The first-order valence-corrected chi connectivity index (χ1v) is 3.51. The van der Waals surface area contributed by atoms with Crippen LogP contribution in [0.5, 0.6) is 0 Å². The van der Waals surface area contributed by atoms with Crippen molar-refractivity contribution in [2.45, 2.75) is 19.2 Å². The molecule has 0 aliphatic carbocycles. The van der Waals surface area contributed by atoms with Crippen molar-refractivity contribution in [3.63, 3.8) is 0 Å². The molecule has 1 nitrogen and oxygen atoms in total. The van der Waals surface area contributed by atoms with E-state index in [4.69, 9.17) is 4.74 Å². The van der Waals surface area contributed by atoms with E-state index in [-0.39, 0.29) is 0 Å². The summed E-state index contributed by atoms with van der Waals surface area (Å²) in [5.74, 6) is 0.962. The molecular weight excluding hydrogens is 98.9 g/mol. The molecule has 8 heavy (non-hydrogen) atoms. The van der Waals surface area contributed by atoms with Gasteiger partial charge >= 0.3 is 0 Å². The molecule has 0 N–H and O–H groups in total. The Morgan fingerprint density at radius 1 is 1.38 bits per heavy atom. The molecule has 2 heteroatoms. The van der Waals surface area contributed by atoms with E-state index >= 15 is 0 Å². The van der Waals surface area contributed by atoms with Crippen molar-refractivity contribution in [3.8, 4) is 0 Å². The average Bonchev–Trinajstić information content (AvgIpc) is 1.90. The minimum absolute atomic E-state index is 0.962. The van der Waals surface area contributed by atoms with Crippen LogP contribution in [0.3, 0.4) is 0 Å². The summed E-state index contributed by atoms with van der Waals surface area (Å²) in [4.78, 5) is 0. The number of hydrogen-bond donors (Lipinski definition) is 0. The summed E-state index contributed by atoms with van der Waals surface area (Å²) in [6.07, 6.45) is 3.91. The van der Waals surface area contributed by atoms with Crippen molar-refractivity contribution in [1.82, 2.24) is 0 Å². The van der Waals surface area contributed by atoms with Gasteiger partial charge in [-0.1, -0.05) is 6.32 Å². The van der Waals surface area contributed by atoms with Crippen molar-refractivity contribution < 1.29 is 4.74 Å². The van der Waals surface area contributed by atoms with Crippen LogP contribution >= 0.6 is 0 Å². The van der Waals surface area contributed by atoms with E-state index in [2.05, 4.69) is 7.85 Å². The van der Waals surface area contributed by atoms with E-state index < -0.39 is 0 Å². The van der Waals surface area contributed by atoms with E-state index in [1.54, 1.807) is 0 Å². The molecule has 0 radical (unpaired) electrons. The van der Waals surface area contributed by atoms with Gasteiger partial charge in [-0.15, -0.1) is 0 Å². The highest BCUT2D eigenvalue weighted by atomic mass is 16.5. The number of rotatable bonds is 1. The Hall–Kier alpha value is 0.0249. The van der Waals surface area contributed by atoms with Crippen LogP contribution in [0.1, 0.15) is 12.8 Å². The summed E-state index contributed by atoms with van der Waals surface area (Å²) in [5, 5.41) is 0. The van der Waals surface area contributed by atoms with Crippen LogP contribution in [0.4, 0.5) is 0 Å². The molecule has 0 aromatic heterocycles. The van der Waals surface area contributed by atoms with Gasteiger partial charge in [0.05, 0.1) is 0 Å². The van der Waals surface area contributed by atoms with E-state index in [1.165, 1.54) is 19.2 Å². The summed E-state index contributed by atoms with van der Waals surface area (Å²) in [7, 11) is 2.26. The maximum Gasteiger partial charge on any atom is 0.101 e. The normalized spacial score (nSPS) is 23.5. The minimum Gasteiger partial charge on any atom is -0.381 e. The molecule has 1 heterocycles. The van der Waals surface area contributed by atoms with Crippen molar-refractivity contribution >= 4 is 7.85 Å². The maximum absolute atomic E-state index is 5.20. The third-order valence-electron chi connectivity index (χ3n) is 1.92.